The Labute approximate surface area is 190 Å². The summed E-state index contributed by atoms with van der Waals surface area (Å²) >= 11 is 0. The van der Waals surface area contributed by atoms with Gasteiger partial charge in [-0.3, -0.25) is 9.59 Å². The number of carbonyl (C=O) groups excluding carboxylic acids is 2. The predicted octanol–water partition coefficient (Wildman–Crippen LogP) is 1.65. The molecule has 2 N–H and O–H groups in total. The number of H-pyrrole nitrogens is 1. The van der Waals surface area contributed by atoms with Gasteiger partial charge in [0.05, 0.1) is 26.8 Å². The highest BCUT2D eigenvalue weighted by atomic mass is 16.5. The van der Waals surface area contributed by atoms with Crippen LogP contribution in [0.3, 0.4) is 0 Å². The maximum absolute atomic E-state index is 13.4. The van der Waals surface area contributed by atoms with Crippen LogP contribution in [0.15, 0.2) is 72.6 Å². The molecule has 2 aromatic carbocycles. The van der Waals surface area contributed by atoms with Crippen molar-refractivity contribution in [2.75, 3.05) is 14.2 Å². The first-order valence-corrected chi connectivity index (χ1v) is 10.2. The van der Waals surface area contributed by atoms with E-state index in [2.05, 4.69) is 4.98 Å². The Balaban J connectivity index is 1.87. The second kappa shape index (κ2) is 9.04. The fourth-order valence-corrected chi connectivity index (χ4v) is 3.87. The van der Waals surface area contributed by atoms with Gasteiger partial charge in [-0.05, 0) is 41.5 Å². The van der Waals surface area contributed by atoms with Gasteiger partial charge in [-0.25, -0.2) is 4.98 Å². The number of benzene rings is 2. The van der Waals surface area contributed by atoms with E-state index >= 15 is 0 Å². The molecule has 1 unspecified atom stereocenters. The number of aromatic nitrogens is 1. The summed E-state index contributed by atoms with van der Waals surface area (Å²) in [7, 11) is 2.91. The summed E-state index contributed by atoms with van der Waals surface area (Å²) in [6, 6.07) is 13.5. The Kier molecular flexibility index (Phi) is 5.99. The summed E-state index contributed by atoms with van der Waals surface area (Å²) in [5.41, 5.74) is 1.34. The van der Waals surface area contributed by atoms with E-state index in [-0.39, 0.29) is 29.2 Å². The first-order valence-electron chi connectivity index (χ1n) is 10.2. The average molecular weight is 446 g/mol. The third kappa shape index (κ3) is 4.10. The Hall–Kier alpha value is -4.33. The first kappa shape index (κ1) is 21.9. The zero-order valence-corrected chi connectivity index (χ0v) is 18.1. The van der Waals surface area contributed by atoms with Crippen molar-refractivity contribution in [2.45, 2.75) is 12.6 Å². The van der Waals surface area contributed by atoms with E-state index in [1.54, 1.807) is 48.8 Å². The van der Waals surface area contributed by atoms with Crippen molar-refractivity contribution < 1.29 is 34.3 Å². The Morgan fingerprint density at radius 1 is 1.09 bits per heavy atom. The van der Waals surface area contributed by atoms with Gasteiger partial charge < -0.3 is 24.6 Å². The number of ether oxygens (including phenoxy) is 2. The van der Waals surface area contributed by atoms with Crippen LogP contribution >= 0.6 is 0 Å². The van der Waals surface area contributed by atoms with Crippen LogP contribution in [-0.4, -0.2) is 35.9 Å². The number of methoxy groups -OCH3 is 2. The summed E-state index contributed by atoms with van der Waals surface area (Å²) in [6.07, 6.45) is 3.45. The molecule has 1 atom stereocenters. The molecule has 0 bridgehead atoms. The number of aromatic hydroxyl groups is 1. The van der Waals surface area contributed by atoms with Gasteiger partial charge >= 0.3 is 0 Å². The van der Waals surface area contributed by atoms with Crippen LogP contribution in [0, 0.1) is 0 Å². The average Bonchev–Trinajstić information content (AvgIpc) is 3.09. The van der Waals surface area contributed by atoms with Crippen LogP contribution in [0.4, 0.5) is 0 Å². The van der Waals surface area contributed by atoms with E-state index in [1.807, 2.05) is 6.07 Å². The lowest BCUT2D eigenvalue weighted by Gasteiger charge is -2.27. The smallest absolute Gasteiger partial charge is 0.295 e. The van der Waals surface area contributed by atoms with Crippen LogP contribution in [0.1, 0.15) is 22.7 Å². The molecule has 1 saturated heterocycles. The van der Waals surface area contributed by atoms with E-state index in [9.17, 15) is 19.8 Å². The Morgan fingerprint density at radius 3 is 2.48 bits per heavy atom. The molecule has 168 valence electrons. The predicted molar refractivity (Wildman–Crippen MR) is 116 cm³/mol. The molecule has 1 aromatic heterocycles. The molecule has 0 saturated carbocycles. The Morgan fingerprint density at radius 2 is 1.85 bits per heavy atom. The maximum atomic E-state index is 13.4. The number of rotatable bonds is 6. The minimum absolute atomic E-state index is 0.0934. The number of nitrogens with one attached hydrogen (secondary N) is 1. The molecule has 1 fully saturated rings. The van der Waals surface area contributed by atoms with Crippen LogP contribution in [0.25, 0.3) is 5.76 Å². The number of phenols is 1. The lowest BCUT2D eigenvalue weighted by Crippen LogP contribution is -2.29. The molecule has 1 aliphatic rings. The summed E-state index contributed by atoms with van der Waals surface area (Å²) in [6.45, 7) is 0.106. The van der Waals surface area contributed by atoms with Crippen molar-refractivity contribution in [3.8, 4) is 17.2 Å². The number of Topliss-reactive ketones (excluding diaryl/α,β-unsaturated/α-hetero) is 1. The highest BCUT2D eigenvalue weighted by molar-refractivity contribution is 6.46. The fraction of sp³-hybridized carbons (Fsp3) is 0.160. The molecule has 8 heteroatoms. The third-order valence-corrected chi connectivity index (χ3v) is 5.53. The molecular weight excluding hydrogens is 424 g/mol. The first-order chi connectivity index (χ1) is 15.9. The van der Waals surface area contributed by atoms with Crippen LogP contribution in [0.2, 0.25) is 0 Å². The zero-order chi connectivity index (χ0) is 23.5. The summed E-state index contributed by atoms with van der Waals surface area (Å²) in [5, 5.41) is 23.5. The number of carbonyl (C=O) groups is 2. The largest absolute Gasteiger partial charge is 0.872 e. The molecule has 3 aromatic rings. The SMILES string of the molecule is COc1ccc(/C([O-])=C2\C(=O)C(=O)N(Cc3ccc[nH+]c3)C2c2ccc(O)c(OC)c2)cc1. The van der Waals surface area contributed by atoms with Gasteiger partial charge in [-0.1, -0.05) is 24.0 Å². The number of aromatic amines is 1. The third-order valence-electron chi connectivity index (χ3n) is 5.53. The second-order valence-electron chi connectivity index (χ2n) is 7.48. The lowest BCUT2D eigenvalue weighted by atomic mass is 9.95. The van der Waals surface area contributed by atoms with E-state index in [0.29, 0.717) is 11.3 Å². The van der Waals surface area contributed by atoms with Crippen LogP contribution in [0.5, 0.6) is 17.2 Å². The molecule has 1 amide bonds. The van der Waals surface area contributed by atoms with Crippen molar-refractivity contribution >= 4 is 17.4 Å². The van der Waals surface area contributed by atoms with E-state index in [0.717, 1.165) is 5.56 Å². The quantitative estimate of drug-likeness (QED) is 0.350. The number of phenolic OH excluding ortho intramolecular Hbond substituents is 1. The highest BCUT2D eigenvalue weighted by Gasteiger charge is 2.44. The summed E-state index contributed by atoms with van der Waals surface area (Å²) < 4.78 is 10.3. The van der Waals surface area contributed by atoms with Crippen molar-refractivity contribution in [2.24, 2.45) is 0 Å². The molecule has 33 heavy (non-hydrogen) atoms. The van der Waals surface area contributed by atoms with Crippen LogP contribution < -0.4 is 19.6 Å². The summed E-state index contributed by atoms with van der Waals surface area (Å²) in [4.78, 5) is 30.4. The summed E-state index contributed by atoms with van der Waals surface area (Å²) in [5.74, 6) is -1.53. The number of nitrogens with zero attached hydrogens (tertiary/aromatic N) is 1. The van der Waals surface area contributed by atoms with Gasteiger partial charge in [0.25, 0.3) is 5.91 Å². The van der Waals surface area contributed by atoms with Crippen molar-refractivity contribution in [3.05, 3.63) is 89.3 Å². The number of ketones is 1. The van der Waals surface area contributed by atoms with E-state index < -0.39 is 23.5 Å². The minimum atomic E-state index is -0.950. The molecule has 8 nitrogen and oxygen atoms in total. The molecule has 4 rings (SSSR count). The van der Waals surface area contributed by atoms with Gasteiger partial charge in [0.15, 0.2) is 23.9 Å². The van der Waals surface area contributed by atoms with E-state index in [4.69, 9.17) is 9.47 Å². The van der Waals surface area contributed by atoms with Gasteiger partial charge in [-0.2, -0.15) is 0 Å². The second-order valence-corrected chi connectivity index (χ2v) is 7.48. The Bertz CT molecular complexity index is 1220. The number of amides is 1. The molecule has 2 heterocycles. The van der Waals surface area contributed by atoms with Crippen molar-refractivity contribution in [1.29, 1.82) is 0 Å². The molecule has 1 aliphatic heterocycles. The zero-order valence-electron chi connectivity index (χ0n) is 18.1. The topological polar surface area (TPSA) is 113 Å². The van der Waals surface area contributed by atoms with Crippen molar-refractivity contribution in [3.63, 3.8) is 0 Å². The standard InChI is InChI=1S/C25H22N2O6/c1-32-18-8-5-16(6-9-18)23(29)21-22(17-7-10-19(28)20(12-17)33-2)27(25(31)24(21)30)14-15-4-3-11-26-13-15/h3-13,22,28-29H,14H2,1-2H3/b23-21+. The number of hydrogen-bond acceptors (Lipinski definition) is 6. The van der Waals surface area contributed by atoms with Gasteiger partial charge in [0, 0.05) is 17.2 Å². The molecule has 0 spiro atoms. The normalized spacial score (nSPS) is 17.3. The highest BCUT2D eigenvalue weighted by Crippen LogP contribution is 2.42. The fourth-order valence-electron chi connectivity index (χ4n) is 3.87. The number of pyridine rings is 1. The van der Waals surface area contributed by atoms with Crippen LogP contribution in [-0.2, 0) is 16.1 Å². The van der Waals surface area contributed by atoms with Crippen molar-refractivity contribution in [1.82, 2.24) is 4.90 Å². The van der Waals surface area contributed by atoms with Gasteiger partial charge in [-0.15, -0.1) is 0 Å². The van der Waals surface area contributed by atoms with E-state index in [1.165, 1.54) is 31.3 Å². The minimum Gasteiger partial charge on any atom is -0.872 e. The molecule has 0 radical (unpaired) electrons. The number of hydrogen-bond donors (Lipinski definition) is 1. The molecule has 0 aliphatic carbocycles. The van der Waals surface area contributed by atoms with Gasteiger partial charge in [0.1, 0.15) is 5.75 Å². The maximum Gasteiger partial charge on any atom is 0.295 e. The lowest BCUT2D eigenvalue weighted by molar-refractivity contribution is -0.378. The monoisotopic (exact) mass is 446 g/mol. The van der Waals surface area contributed by atoms with Gasteiger partial charge in [0.2, 0.25) is 5.78 Å². The molecular formula is C25H22N2O6. The number of likely N-dealkylation sites (tertiary alicyclic amines) is 1.